The van der Waals surface area contributed by atoms with Crippen molar-refractivity contribution in [2.45, 2.75) is 59.7 Å². The standard InChI is InChI=1S/C25H36N2O4/c1-7-30-20-11-8-18(9-12-20)15-26-21-14-19(22(28)16-27-25(4,5)6)10-13-23(21)31-24(29)17(2)3/h8-14,17,22,26-28H,7,15-16H2,1-6H3. The number of benzene rings is 2. The zero-order valence-corrected chi connectivity index (χ0v) is 19.5. The lowest BCUT2D eigenvalue weighted by Gasteiger charge is -2.23. The largest absolute Gasteiger partial charge is 0.494 e. The Kier molecular flexibility index (Phi) is 8.89. The van der Waals surface area contributed by atoms with Crippen LogP contribution >= 0.6 is 0 Å². The van der Waals surface area contributed by atoms with Crippen molar-refractivity contribution < 1.29 is 19.4 Å². The maximum Gasteiger partial charge on any atom is 0.313 e. The number of hydrogen-bond donors (Lipinski definition) is 3. The summed E-state index contributed by atoms with van der Waals surface area (Å²) in [7, 11) is 0. The second-order valence-electron chi connectivity index (χ2n) is 8.91. The first-order valence-corrected chi connectivity index (χ1v) is 10.8. The lowest BCUT2D eigenvalue weighted by atomic mass is 10.0. The van der Waals surface area contributed by atoms with Crippen molar-refractivity contribution in [2.75, 3.05) is 18.5 Å². The predicted octanol–water partition coefficient (Wildman–Crippen LogP) is 4.68. The van der Waals surface area contributed by atoms with Gasteiger partial charge in [0.25, 0.3) is 0 Å². The fraction of sp³-hybridized carbons (Fsp3) is 0.480. The monoisotopic (exact) mass is 428 g/mol. The average molecular weight is 429 g/mol. The van der Waals surface area contributed by atoms with Crippen molar-refractivity contribution in [2.24, 2.45) is 5.92 Å². The zero-order valence-electron chi connectivity index (χ0n) is 19.5. The lowest BCUT2D eigenvalue weighted by Crippen LogP contribution is -2.38. The molecule has 6 heteroatoms. The number of rotatable bonds is 10. The van der Waals surface area contributed by atoms with Crippen LogP contribution in [-0.4, -0.2) is 29.8 Å². The van der Waals surface area contributed by atoms with E-state index in [0.29, 0.717) is 31.1 Å². The second-order valence-corrected chi connectivity index (χ2v) is 8.91. The third-order valence-corrected chi connectivity index (χ3v) is 4.61. The normalized spacial score (nSPS) is 12.5. The summed E-state index contributed by atoms with van der Waals surface area (Å²) >= 11 is 0. The fourth-order valence-corrected chi connectivity index (χ4v) is 2.80. The number of aliphatic hydroxyl groups is 1. The van der Waals surface area contributed by atoms with Gasteiger partial charge in [0.05, 0.1) is 24.3 Å². The van der Waals surface area contributed by atoms with Crippen molar-refractivity contribution in [3.05, 3.63) is 53.6 Å². The van der Waals surface area contributed by atoms with E-state index in [-0.39, 0.29) is 17.4 Å². The van der Waals surface area contributed by atoms with Crippen LogP contribution in [0, 0.1) is 5.92 Å². The highest BCUT2D eigenvalue weighted by Gasteiger charge is 2.17. The first kappa shape index (κ1) is 24.7. The van der Waals surface area contributed by atoms with Crippen LogP contribution < -0.4 is 20.1 Å². The van der Waals surface area contributed by atoms with E-state index in [1.807, 2.05) is 37.3 Å². The Bertz CT molecular complexity index is 842. The van der Waals surface area contributed by atoms with Crippen LogP contribution in [0.2, 0.25) is 0 Å². The van der Waals surface area contributed by atoms with Gasteiger partial charge in [-0.15, -0.1) is 0 Å². The van der Waals surface area contributed by atoms with E-state index >= 15 is 0 Å². The molecule has 0 saturated carbocycles. The second kappa shape index (κ2) is 11.2. The van der Waals surface area contributed by atoms with Gasteiger partial charge in [-0.2, -0.15) is 0 Å². The molecule has 0 aromatic heterocycles. The number of anilines is 1. The maximum atomic E-state index is 12.1. The number of esters is 1. The van der Waals surface area contributed by atoms with Crippen LogP contribution in [0.1, 0.15) is 58.8 Å². The minimum Gasteiger partial charge on any atom is -0.494 e. The topological polar surface area (TPSA) is 79.8 Å². The van der Waals surface area contributed by atoms with Crippen molar-refractivity contribution in [3.8, 4) is 11.5 Å². The van der Waals surface area contributed by atoms with E-state index in [1.165, 1.54) is 0 Å². The predicted molar refractivity (Wildman–Crippen MR) is 125 cm³/mol. The Morgan fingerprint density at radius 1 is 1.10 bits per heavy atom. The number of aliphatic hydroxyl groups excluding tert-OH is 1. The number of hydrogen-bond acceptors (Lipinski definition) is 6. The molecule has 170 valence electrons. The summed E-state index contributed by atoms with van der Waals surface area (Å²) in [6.45, 7) is 13.3. The smallest absolute Gasteiger partial charge is 0.313 e. The number of nitrogens with one attached hydrogen (secondary N) is 2. The molecule has 0 heterocycles. The zero-order chi connectivity index (χ0) is 23.0. The van der Waals surface area contributed by atoms with Gasteiger partial charge in [0.2, 0.25) is 0 Å². The Balaban J connectivity index is 2.19. The molecule has 2 rings (SSSR count). The highest BCUT2D eigenvalue weighted by molar-refractivity contribution is 5.76. The number of carbonyl (C=O) groups is 1. The average Bonchev–Trinajstić information content (AvgIpc) is 2.71. The molecule has 0 fully saturated rings. The summed E-state index contributed by atoms with van der Waals surface area (Å²) in [5.74, 6) is 0.741. The molecule has 6 nitrogen and oxygen atoms in total. The molecule has 2 aromatic rings. The Morgan fingerprint density at radius 2 is 1.77 bits per heavy atom. The molecule has 0 bridgehead atoms. The Hall–Kier alpha value is -2.57. The third kappa shape index (κ3) is 8.23. The van der Waals surface area contributed by atoms with E-state index < -0.39 is 6.10 Å². The first-order valence-electron chi connectivity index (χ1n) is 10.8. The molecule has 0 aliphatic rings. The summed E-state index contributed by atoms with van der Waals surface area (Å²) in [6, 6.07) is 13.2. The highest BCUT2D eigenvalue weighted by Crippen LogP contribution is 2.30. The summed E-state index contributed by atoms with van der Waals surface area (Å²) in [4.78, 5) is 12.1. The SMILES string of the molecule is CCOc1ccc(CNc2cc(C(O)CNC(C)(C)C)ccc2OC(=O)C(C)C)cc1. The van der Waals surface area contributed by atoms with Crippen molar-refractivity contribution in [1.29, 1.82) is 0 Å². The van der Waals surface area contributed by atoms with Gasteiger partial charge in [-0.1, -0.05) is 32.0 Å². The Morgan fingerprint density at radius 3 is 2.35 bits per heavy atom. The van der Waals surface area contributed by atoms with E-state index in [1.54, 1.807) is 26.0 Å². The van der Waals surface area contributed by atoms with Crippen molar-refractivity contribution in [1.82, 2.24) is 5.32 Å². The number of β-amino-alcohol motifs (C(OH)–C–C–N with tert-alkyl or cyclic N) is 1. The van der Waals surface area contributed by atoms with Crippen molar-refractivity contribution >= 4 is 11.7 Å². The van der Waals surface area contributed by atoms with Gasteiger partial charge in [-0.25, -0.2) is 0 Å². The fourth-order valence-electron chi connectivity index (χ4n) is 2.80. The molecule has 0 saturated heterocycles. The minimum atomic E-state index is -0.680. The van der Waals surface area contributed by atoms with E-state index in [0.717, 1.165) is 16.9 Å². The quantitative estimate of drug-likeness (QED) is 0.377. The van der Waals surface area contributed by atoms with Gasteiger partial charge in [0, 0.05) is 18.6 Å². The molecule has 0 spiro atoms. The van der Waals surface area contributed by atoms with Gasteiger partial charge in [-0.3, -0.25) is 4.79 Å². The first-order chi connectivity index (χ1) is 14.6. The third-order valence-electron chi connectivity index (χ3n) is 4.61. The van der Waals surface area contributed by atoms with Gasteiger partial charge in [0.1, 0.15) is 5.75 Å². The summed E-state index contributed by atoms with van der Waals surface area (Å²) in [5, 5.41) is 17.3. The molecule has 0 radical (unpaired) electrons. The summed E-state index contributed by atoms with van der Waals surface area (Å²) < 4.78 is 11.1. The van der Waals surface area contributed by atoms with Crippen molar-refractivity contribution in [3.63, 3.8) is 0 Å². The molecule has 0 amide bonds. The van der Waals surface area contributed by atoms with Gasteiger partial charge >= 0.3 is 5.97 Å². The molecular formula is C25H36N2O4. The van der Waals surface area contributed by atoms with Gasteiger partial charge in [-0.05, 0) is 63.1 Å². The van der Waals surface area contributed by atoms with Crippen LogP contribution in [-0.2, 0) is 11.3 Å². The molecule has 2 aromatic carbocycles. The molecule has 0 aliphatic carbocycles. The van der Waals surface area contributed by atoms with Gasteiger partial charge < -0.3 is 25.2 Å². The van der Waals surface area contributed by atoms with Crippen LogP contribution in [0.25, 0.3) is 0 Å². The van der Waals surface area contributed by atoms with E-state index in [9.17, 15) is 9.90 Å². The van der Waals surface area contributed by atoms with Crippen LogP contribution in [0.5, 0.6) is 11.5 Å². The van der Waals surface area contributed by atoms with Crippen LogP contribution in [0.4, 0.5) is 5.69 Å². The summed E-state index contributed by atoms with van der Waals surface area (Å²) in [6.07, 6.45) is -0.680. The summed E-state index contributed by atoms with van der Waals surface area (Å²) in [5.41, 5.74) is 2.37. The minimum absolute atomic E-state index is 0.0948. The molecule has 31 heavy (non-hydrogen) atoms. The molecular weight excluding hydrogens is 392 g/mol. The number of ether oxygens (including phenoxy) is 2. The molecule has 1 atom stereocenters. The molecule has 3 N–H and O–H groups in total. The Labute approximate surface area is 186 Å². The van der Waals surface area contributed by atoms with Crippen LogP contribution in [0.3, 0.4) is 0 Å². The maximum absolute atomic E-state index is 12.1. The van der Waals surface area contributed by atoms with E-state index in [4.69, 9.17) is 9.47 Å². The molecule has 1 unspecified atom stereocenters. The van der Waals surface area contributed by atoms with E-state index in [2.05, 4.69) is 31.4 Å². The lowest BCUT2D eigenvalue weighted by molar-refractivity contribution is -0.137. The van der Waals surface area contributed by atoms with Gasteiger partial charge in [0.15, 0.2) is 5.75 Å². The highest BCUT2D eigenvalue weighted by atomic mass is 16.5. The molecule has 0 aliphatic heterocycles. The van der Waals surface area contributed by atoms with Crippen LogP contribution in [0.15, 0.2) is 42.5 Å². The number of carbonyl (C=O) groups excluding carboxylic acids is 1.